The molecule has 2 aromatic carbocycles. The second-order valence-corrected chi connectivity index (χ2v) is 8.87. The summed E-state index contributed by atoms with van der Waals surface area (Å²) in [4.78, 5) is 44.6. The van der Waals surface area contributed by atoms with E-state index in [1.807, 2.05) is 0 Å². The first-order valence-electron chi connectivity index (χ1n) is 12.7. The molecule has 0 spiro atoms. The topological polar surface area (TPSA) is 168 Å². The van der Waals surface area contributed by atoms with Crippen molar-refractivity contribution in [3.8, 4) is 11.5 Å². The Morgan fingerprint density at radius 2 is 0.737 bits per heavy atom. The number of rotatable bonds is 19. The van der Waals surface area contributed by atoms with Gasteiger partial charge < -0.3 is 29.9 Å². The van der Waals surface area contributed by atoms with Gasteiger partial charge in [0, 0.05) is 0 Å². The molecule has 0 saturated heterocycles. The minimum absolute atomic E-state index is 0.265. The number of aromatic carboxylic acids is 4. The van der Waals surface area contributed by atoms with Crippen LogP contribution in [0.3, 0.4) is 0 Å². The zero-order valence-corrected chi connectivity index (χ0v) is 21.2. The average molecular weight is 531 g/mol. The Balaban J connectivity index is 1.48. The van der Waals surface area contributed by atoms with E-state index in [1.54, 1.807) is 0 Å². The molecule has 0 heterocycles. The number of ether oxygens (including phenoxy) is 2. The Hall–Kier alpha value is -4.08. The molecular weight excluding hydrogens is 496 g/mol. The smallest absolute Gasteiger partial charge is 0.336 e. The van der Waals surface area contributed by atoms with Gasteiger partial charge in [0.15, 0.2) is 0 Å². The monoisotopic (exact) mass is 530 g/mol. The quantitative estimate of drug-likeness (QED) is 0.162. The number of benzene rings is 2. The van der Waals surface area contributed by atoms with E-state index in [1.165, 1.54) is 36.4 Å². The molecule has 0 bridgehead atoms. The van der Waals surface area contributed by atoms with E-state index in [2.05, 4.69) is 0 Å². The van der Waals surface area contributed by atoms with Crippen molar-refractivity contribution in [2.75, 3.05) is 13.2 Å². The maximum atomic E-state index is 11.2. The van der Waals surface area contributed by atoms with E-state index in [4.69, 9.17) is 29.9 Å². The van der Waals surface area contributed by atoms with Crippen molar-refractivity contribution in [3.05, 3.63) is 58.7 Å². The molecule has 0 unspecified atom stereocenters. The second-order valence-electron chi connectivity index (χ2n) is 8.87. The van der Waals surface area contributed by atoms with Crippen molar-refractivity contribution in [2.45, 2.75) is 64.2 Å². The summed E-state index contributed by atoms with van der Waals surface area (Å²) in [5, 5.41) is 36.4. The fourth-order valence-electron chi connectivity index (χ4n) is 3.95. The second kappa shape index (κ2) is 15.9. The molecule has 0 aliphatic heterocycles. The molecule has 0 aromatic heterocycles. The van der Waals surface area contributed by atoms with Gasteiger partial charge in [-0.05, 0) is 49.2 Å². The maximum Gasteiger partial charge on any atom is 0.336 e. The van der Waals surface area contributed by atoms with Gasteiger partial charge in [0.2, 0.25) is 0 Å². The van der Waals surface area contributed by atoms with Crippen molar-refractivity contribution < 1.29 is 49.1 Å². The molecule has 0 saturated carbocycles. The lowest BCUT2D eigenvalue weighted by atomic mass is 10.1. The molecule has 4 N–H and O–H groups in total. The Morgan fingerprint density at radius 3 is 1.03 bits per heavy atom. The summed E-state index contributed by atoms with van der Waals surface area (Å²) in [5.74, 6) is -4.49. The van der Waals surface area contributed by atoms with Crippen LogP contribution in [-0.4, -0.2) is 57.5 Å². The maximum absolute atomic E-state index is 11.2. The molecule has 2 aromatic rings. The van der Waals surface area contributed by atoms with E-state index in [9.17, 15) is 19.2 Å². The molecule has 10 heteroatoms. The third-order valence-electron chi connectivity index (χ3n) is 5.98. The fraction of sp³-hybridized carbons (Fsp3) is 0.429. The summed E-state index contributed by atoms with van der Waals surface area (Å²) < 4.78 is 11.1. The summed E-state index contributed by atoms with van der Waals surface area (Å²) in [6.45, 7) is 0.879. The molecule has 0 atom stereocenters. The highest BCUT2D eigenvalue weighted by atomic mass is 16.5. The van der Waals surface area contributed by atoms with E-state index in [0.717, 1.165) is 64.2 Å². The molecule has 38 heavy (non-hydrogen) atoms. The fourth-order valence-corrected chi connectivity index (χ4v) is 3.95. The number of carboxylic acid groups (broad SMARTS) is 4. The lowest BCUT2D eigenvalue weighted by Crippen LogP contribution is -2.08. The van der Waals surface area contributed by atoms with Gasteiger partial charge in [0.25, 0.3) is 0 Å². The summed E-state index contributed by atoms with van der Waals surface area (Å²) in [6, 6.07) is 7.90. The van der Waals surface area contributed by atoms with Gasteiger partial charge in [-0.25, -0.2) is 19.2 Å². The first-order chi connectivity index (χ1) is 18.2. The van der Waals surface area contributed by atoms with E-state index >= 15 is 0 Å². The summed E-state index contributed by atoms with van der Waals surface area (Å²) >= 11 is 0. The van der Waals surface area contributed by atoms with Crippen LogP contribution in [0.1, 0.15) is 106 Å². The summed E-state index contributed by atoms with van der Waals surface area (Å²) in [6.07, 6.45) is 10.3. The first kappa shape index (κ1) is 30.1. The summed E-state index contributed by atoms with van der Waals surface area (Å²) in [7, 11) is 0. The molecule has 0 fully saturated rings. The third-order valence-corrected chi connectivity index (χ3v) is 5.98. The molecule has 2 rings (SSSR count). The molecule has 0 amide bonds. The SMILES string of the molecule is O=C(O)c1ccc(OCCCCCCCCCCCCOc2ccc(C(=O)O)c(C(=O)O)c2)cc1C(=O)O. The minimum Gasteiger partial charge on any atom is -0.494 e. The van der Waals surface area contributed by atoms with Crippen LogP contribution < -0.4 is 9.47 Å². The number of hydrogen-bond acceptors (Lipinski definition) is 6. The molecular formula is C28H34O10. The highest BCUT2D eigenvalue weighted by Gasteiger charge is 2.17. The zero-order chi connectivity index (χ0) is 27.9. The number of carboxylic acids is 4. The average Bonchev–Trinajstić information content (AvgIpc) is 2.88. The molecule has 206 valence electrons. The van der Waals surface area contributed by atoms with Crippen LogP contribution in [0, 0.1) is 0 Å². The normalized spacial score (nSPS) is 10.6. The molecule has 0 aliphatic carbocycles. The zero-order valence-electron chi connectivity index (χ0n) is 21.2. The number of carbonyl (C=O) groups is 4. The predicted molar refractivity (Wildman–Crippen MR) is 138 cm³/mol. The lowest BCUT2D eigenvalue weighted by Gasteiger charge is -2.09. The van der Waals surface area contributed by atoms with Crippen molar-refractivity contribution >= 4 is 23.9 Å². The molecule has 0 radical (unpaired) electrons. The first-order valence-corrected chi connectivity index (χ1v) is 12.7. The van der Waals surface area contributed by atoms with E-state index in [-0.39, 0.29) is 22.3 Å². The van der Waals surface area contributed by atoms with Crippen LogP contribution in [0.25, 0.3) is 0 Å². The third kappa shape index (κ3) is 10.1. The number of unbranched alkanes of at least 4 members (excludes halogenated alkanes) is 9. The van der Waals surface area contributed by atoms with Gasteiger partial charge in [-0.1, -0.05) is 51.4 Å². The van der Waals surface area contributed by atoms with Gasteiger partial charge in [-0.15, -0.1) is 0 Å². The lowest BCUT2D eigenvalue weighted by molar-refractivity contribution is 0.0651. The Labute approximate surface area is 220 Å². The van der Waals surface area contributed by atoms with Crippen LogP contribution >= 0.6 is 0 Å². The Kier molecular flexibility index (Phi) is 12.6. The standard InChI is InChI=1S/C28H34O10/c29-25(30)21-13-11-19(17-23(21)27(33)34)37-15-9-7-5-3-1-2-4-6-8-10-16-38-20-12-14-22(26(31)32)24(18-20)28(35)36/h11-14,17-18H,1-10,15-16H2,(H,29,30)(H,31,32)(H,33,34)(H,35,36). The highest BCUT2D eigenvalue weighted by molar-refractivity contribution is 6.02. The van der Waals surface area contributed by atoms with Crippen molar-refractivity contribution in [3.63, 3.8) is 0 Å². The van der Waals surface area contributed by atoms with Crippen LogP contribution in [0.4, 0.5) is 0 Å². The van der Waals surface area contributed by atoms with E-state index < -0.39 is 23.9 Å². The van der Waals surface area contributed by atoms with Gasteiger partial charge in [-0.3, -0.25) is 0 Å². The van der Waals surface area contributed by atoms with Crippen molar-refractivity contribution in [1.82, 2.24) is 0 Å². The Bertz CT molecular complexity index is 1020. The minimum atomic E-state index is -1.30. The highest BCUT2D eigenvalue weighted by Crippen LogP contribution is 2.20. The van der Waals surface area contributed by atoms with Crippen LogP contribution in [0.5, 0.6) is 11.5 Å². The predicted octanol–water partition coefficient (Wildman–Crippen LogP) is 5.84. The van der Waals surface area contributed by atoms with Crippen LogP contribution in [0.15, 0.2) is 36.4 Å². The van der Waals surface area contributed by atoms with E-state index in [0.29, 0.717) is 24.7 Å². The Morgan fingerprint density at radius 1 is 0.447 bits per heavy atom. The molecule has 10 nitrogen and oxygen atoms in total. The van der Waals surface area contributed by atoms with Gasteiger partial charge in [0.05, 0.1) is 35.5 Å². The van der Waals surface area contributed by atoms with Gasteiger partial charge in [-0.2, -0.15) is 0 Å². The van der Waals surface area contributed by atoms with Crippen molar-refractivity contribution in [2.24, 2.45) is 0 Å². The number of hydrogen-bond donors (Lipinski definition) is 4. The summed E-state index contributed by atoms with van der Waals surface area (Å²) in [5.41, 5.74) is -1.11. The van der Waals surface area contributed by atoms with Crippen LogP contribution in [0.2, 0.25) is 0 Å². The van der Waals surface area contributed by atoms with Crippen LogP contribution in [-0.2, 0) is 0 Å². The van der Waals surface area contributed by atoms with Crippen molar-refractivity contribution in [1.29, 1.82) is 0 Å². The largest absolute Gasteiger partial charge is 0.494 e. The molecule has 0 aliphatic rings. The van der Waals surface area contributed by atoms with Gasteiger partial charge >= 0.3 is 23.9 Å². The van der Waals surface area contributed by atoms with Gasteiger partial charge in [0.1, 0.15) is 11.5 Å².